The Morgan fingerprint density at radius 2 is 2.20 bits per heavy atom. The molecule has 1 saturated heterocycles. The third kappa shape index (κ3) is 3.12. The normalized spacial score (nSPS) is 22.2. The van der Waals surface area contributed by atoms with Crippen LogP contribution in [0.25, 0.3) is 0 Å². The molecule has 1 aromatic rings. The maximum atomic E-state index is 11.6. The smallest absolute Gasteiger partial charge is 0.225 e. The average Bonchev–Trinajstić information content (AvgIpc) is 2.84. The molecule has 1 fully saturated rings. The Bertz CT molecular complexity index is 475. The Morgan fingerprint density at radius 3 is 2.85 bits per heavy atom. The third-order valence-electron chi connectivity index (χ3n) is 4.14. The minimum absolute atomic E-state index is 0.193. The van der Waals surface area contributed by atoms with Crippen molar-refractivity contribution in [2.24, 2.45) is 11.1 Å². The number of nitrogens with zero attached hydrogens (tertiary/aromatic N) is 1. The maximum absolute atomic E-state index is 11.6. The van der Waals surface area contributed by atoms with Crippen molar-refractivity contribution < 1.29 is 4.79 Å². The first-order valence-corrected chi connectivity index (χ1v) is 7.40. The Balaban J connectivity index is 2.11. The predicted octanol–water partition coefficient (Wildman–Crippen LogP) is 1.89. The fourth-order valence-electron chi connectivity index (χ4n) is 2.74. The van der Waals surface area contributed by atoms with Gasteiger partial charge in [0.1, 0.15) is 0 Å². The van der Waals surface area contributed by atoms with Gasteiger partial charge in [0.15, 0.2) is 0 Å². The van der Waals surface area contributed by atoms with Gasteiger partial charge in [-0.2, -0.15) is 0 Å². The Hall–Kier alpha value is -1.55. The number of para-hydroxylation sites is 1. The van der Waals surface area contributed by atoms with E-state index in [4.69, 9.17) is 5.73 Å². The van der Waals surface area contributed by atoms with E-state index in [2.05, 4.69) is 41.4 Å². The van der Waals surface area contributed by atoms with Crippen molar-refractivity contribution in [3.05, 3.63) is 29.8 Å². The van der Waals surface area contributed by atoms with E-state index in [9.17, 15) is 4.79 Å². The van der Waals surface area contributed by atoms with Gasteiger partial charge in [0.2, 0.25) is 5.91 Å². The first kappa shape index (κ1) is 14.9. The molecule has 110 valence electrons. The maximum Gasteiger partial charge on any atom is 0.225 e. The lowest BCUT2D eigenvalue weighted by atomic mass is 9.89. The number of primary amides is 1. The monoisotopic (exact) mass is 275 g/mol. The zero-order chi connectivity index (χ0) is 14.6. The summed E-state index contributed by atoms with van der Waals surface area (Å²) in [6.45, 7) is 7.63. The van der Waals surface area contributed by atoms with E-state index in [1.165, 1.54) is 11.3 Å². The van der Waals surface area contributed by atoms with Crippen LogP contribution in [0.15, 0.2) is 24.3 Å². The molecule has 1 unspecified atom stereocenters. The van der Waals surface area contributed by atoms with Gasteiger partial charge in [-0.05, 0) is 37.9 Å². The van der Waals surface area contributed by atoms with Gasteiger partial charge < -0.3 is 16.0 Å². The van der Waals surface area contributed by atoms with Crippen LogP contribution < -0.4 is 16.0 Å². The summed E-state index contributed by atoms with van der Waals surface area (Å²) in [7, 11) is 0. The molecule has 1 heterocycles. The van der Waals surface area contributed by atoms with E-state index in [0.29, 0.717) is 6.54 Å². The van der Waals surface area contributed by atoms with E-state index in [1.54, 1.807) is 0 Å². The summed E-state index contributed by atoms with van der Waals surface area (Å²) in [6, 6.07) is 8.40. The Labute approximate surface area is 121 Å². The molecule has 1 aliphatic heterocycles. The SMILES string of the molecule is CCCNCc1ccccc1N1CCC(C)(C(N)=O)C1. The highest BCUT2D eigenvalue weighted by Crippen LogP contribution is 2.34. The fourth-order valence-corrected chi connectivity index (χ4v) is 2.74. The lowest BCUT2D eigenvalue weighted by Gasteiger charge is -2.24. The minimum atomic E-state index is -0.399. The van der Waals surface area contributed by atoms with E-state index < -0.39 is 5.41 Å². The quantitative estimate of drug-likeness (QED) is 0.779. The van der Waals surface area contributed by atoms with Crippen LogP contribution in [0.1, 0.15) is 32.3 Å². The van der Waals surface area contributed by atoms with Crippen LogP contribution in [-0.2, 0) is 11.3 Å². The molecule has 20 heavy (non-hydrogen) atoms. The predicted molar refractivity (Wildman–Crippen MR) is 82.6 cm³/mol. The molecular formula is C16H25N3O. The van der Waals surface area contributed by atoms with Gasteiger partial charge in [-0.1, -0.05) is 25.1 Å². The van der Waals surface area contributed by atoms with Crippen molar-refractivity contribution in [2.45, 2.75) is 33.2 Å². The van der Waals surface area contributed by atoms with Crippen molar-refractivity contribution in [3.63, 3.8) is 0 Å². The summed E-state index contributed by atoms with van der Waals surface area (Å²) in [4.78, 5) is 13.9. The molecule has 1 aliphatic rings. The number of carbonyl (C=O) groups is 1. The number of nitrogens with one attached hydrogen (secondary N) is 1. The molecule has 2 rings (SSSR count). The van der Waals surface area contributed by atoms with Crippen LogP contribution >= 0.6 is 0 Å². The van der Waals surface area contributed by atoms with Crippen molar-refractivity contribution in [3.8, 4) is 0 Å². The third-order valence-corrected chi connectivity index (χ3v) is 4.14. The fraction of sp³-hybridized carbons (Fsp3) is 0.562. The molecular weight excluding hydrogens is 250 g/mol. The van der Waals surface area contributed by atoms with Crippen LogP contribution in [0.5, 0.6) is 0 Å². The van der Waals surface area contributed by atoms with Crippen molar-refractivity contribution in [2.75, 3.05) is 24.5 Å². The van der Waals surface area contributed by atoms with Crippen LogP contribution in [0.4, 0.5) is 5.69 Å². The number of hydrogen-bond donors (Lipinski definition) is 2. The van der Waals surface area contributed by atoms with Crippen molar-refractivity contribution >= 4 is 11.6 Å². The molecule has 0 bridgehead atoms. The van der Waals surface area contributed by atoms with E-state index >= 15 is 0 Å². The van der Waals surface area contributed by atoms with Crippen LogP contribution in [0, 0.1) is 5.41 Å². The summed E-state index contributed by atoms with van der Waals surface area (Å²) in [5.74, 6) is -0.193. The van der Waals surface area contributed by atoms with Gasteiger partial charge in [0.25, 0.3) is 0 Å². The molecule has 1 aromatic carbocycles. The van der Waals surface area contributed by atoms with Crippen LogP contribution in [-0.4, -0.2) is 25.5 Å². The van der Waals surface area contributed by atoms with E-state index in [0.717, 1.165) is 32.5 Å². The van der Waals surface area contributed by atoms with E-state index in [-0.39, 0.29) is 5.91 Å². The van der Waals surface area contributed by atoms with Crippen LogP contribution in [0.2, 0.25) is 0 Å². The Kier molecular flexibility index (Phi) is 4.65. The van der Waals surface area contributed by atoms with Crippen molar-refractivity contribution in [1.82, 2.24) is 5.32 Å². The molecule has 0 saturated carbocycles. The summed E-state index contributed by atoms with van der Waals surface area (Å²) in [5.41, 5.74) is 7.64. The molecule has 0 radical (unpaired) electrons. The average molecular weight is 275 g/mol. The van der Waals surface area contributed by atoms with Crippen LogP contribution in [0.3, 0.4) is 0 Å². The molecule has 4 nitrogen and oxygen atoms in total. The van der Waals surface area contributed by atoms with Gasteiger partial charge in [-0.15, -0.1) is 0 Å². The highest BCUT2D eigenvalue weighted by molar-refractivity contribution is 5.82. The largest absolute Gasteiger partial charge is 0.370 e. The molecule has 1 atom stereocenters. The number of hydrogen-bond acceptors (Lipinski definition) is 3. The first-order valence-electron chi connectivity index (χ1n) is 7.40. The summed E-state index contributed by atoms with van der Waals surface area (Å²) in [6.07, 6.45) is 1.96. The lowest BCUT2D eigenvalue weighted by Crippen LogP contribution is -2.37. The highest BCUT2D eigenvalue weighted by atomic mass is 16.1. The standard InChI is InChI=1S/C16H25N3O/c1-3-9-18-11-13-6-4-5-7-14(13)19-10-8-16(2,12-19)15(17)20/h4-7,18H,3,8-12H2,1-2H3,(H2,17,20). The van der Waals surface area contributed by atoms with E-state index in [1.807, 2.05) is 6.92 Å². The molecule has 0 aliphatic carbocycles. The van der Waals surface area contributed by atoms with Crippen molar-refractivity contribution in [1.29, 1.82) is 0 Å². The second-order valence-electron chi connectivity index (χ2n) is 5.90. The summed E-state index contributed by atoms with van der Waals surface area (Å²) < 4.78 is 0. The van der Waals surface area contributed by atoms with Gasteiger partial charge in [-0.3, -0.25) is 4.79 Å². The zero-order valence-electron chi connectivity index (χ0n) is 12.5. The second-order valence-corrected chi connectivity index (χ2v) is 5.90. The minimum Gasteiger partial charge on any atom is -0.370 e. The number of rotatable bonds is 6. The molecule has 0 spiro atoms. The first-order chi connectivity index (χ1) is 9.57. The molecule has 4 heteroatoms. The molecule has 3 N–H and O–H groups in total. The lowest BCUT2D eigenvalue weighted by molar-refractivity contribution is -0.125. The molecule has 1 amide bonds. The Morgan fingerprint density at radius 1 is 1.45 bits per heavy atom. The number of carbonyl (C=O) groups excluding carboxylic acids is 1. The summed E-state index contributed by atoms with van der Waals surface area (Å²) in [5, 5.41) is 3.44. The topological polar surface area (TPSA) is 58.4 Å². The second kappa shape index (κ2) is 6.27. The van der Waals surface area contributed by atoms with Gasteiger partial charge in [-0.25, -0.2) is 0 Å². The van der Waals surface area contributed by atoms with Gasteiger partial charge >= 0.3 is 0 Å². The van der Waals surface area contributed by atoms with Gasteiger partial charge in [0.05, 0.1) is 5.41 Å². The zero-order valence-corrected chi connectivity index (χ0v) is 12.5. The highest BCUT2D eigenvalue weighted by Gasteiger charge is 2.39. The number of nitrogens with two attached hydrogens (primary N) is 1. The number of benzene rings is 1. The molecule has 0 aromatic heterocycles. The number of amides is 1. The number of anilines is 1. The van der Waals surface area contributed by atoms with Gasteiger partial charge in [0, 0.05) is 25.3 Å². The summed E-state index contributed by atoms with van der Waals surface area (Å²) >= 11 is 0.